The van der Waals surface area contributed by atoms with Crippen LogP contribution in [0.3, 0.4) is 0 Å². The molecule has 0 radical (unpaired) electrons. The van der Waals surface area contributed by atoms with Gasteiger partial charge in [-0.15, -0.1) is 0 Å². The summed E-state index contributed by atoms with van der Waals surface area (Å²) in [5.74, 6) is 0. The van der Waals surface area contributed by atoms with Gasteiger partial charge in [-0.1, -0.05) is 37.1 Å². The van der Waals surface area contributed by atoms with Crippen LogP contribution < -0.4 is 5.32 Å². The van der Waals surface area contributed by atoms with Crippen LogP contribution in [-0.2, 0) is 11.2 Å². The minimum Gasteiger partial charge on any atom is -0.374 e. The molecule has 21 heavy (non-hydrogen) atoms. The lowest BCUT2D eigenvalue weighted by Crippen LogP contribution is -2.17. The van der Waals surface area contributed by atoms with Gasteiger partial charge in [0.1, 0.15) is 0 Å². The fraction of sp³-hybridized carbons (Fsp3) is 0.684. The molecule has 1 N–H and O–H groups in total. The molecule has 1 aromatic rings. The first kappa shape index (κ1) is 15.1. The Morgan fingerprint density at radius 1 is 1.00 bits per heavy atom. The first-order valence-electron chi connectivity index (χ1n) is 8.86. The molecule has 1 atom stereocenters. The number of rotatable bonds is 9. The van der Waals surface area contributed by atoms with E-state index in [4.69, 9.17) is 4.74 Å². The van der Waals surface area contributed by atoms with Gasteiger partial charge < -0.3 is 10.1 Å². The molecular formula is C19H29NO. The zero-order chi connectivity index (χ0) is 14.3. The summed E-state index contributed by atoms with van der Waals surface area (Å²) in [7, 11) is 0. The molecular weight excluding hydrogens is 258 g/mol. The van der Waals surface area contributed by atoms with Crippen molar-refractivity contribution in [1.82, 2.24) is 5.32 Å². The molecule has 2 heteroatoms. The van der Waals surface area contributed by atoms with Gasteiger partial charge >= 0.3 is 0 Å². The Labute approximate surface area is 129 Å². The number of nitrogens with one attached hydrogen (secondary N) is 1. The summed E-state index contributed by atoms with van der Waals surface area (Å²) in [5, 5.41) is 3.58. The van der Waals surface area contributed by atoms with Crippen LogP contribution in [0.5, 0.6) is 0 Å². The minimum absolute atomic E-state index is 0.353. The Hall–Kier alpha value is -0.860. The third-order valence-electron chi connectivity index (χ3n) is 4.71. The second-order valence-corrected chi connectivity index (χ2v) is 6.59. The van der Waals surface area contributed by atoms with Crippen LogP contribution >= 0.6 is 0 Å². The summed E-state index contributed by atoms with van der Waals surface area (Å²) >= 11 is 0. The number of fused-ring (bicyclic) bond motifs is 1. The fourth-order valence-corrected chi connectivity index (χ4v) is 3.28. The molecule has 1 fully saturated rings. The van der Waals surface area contributed by atoms with Gasteiger partial charge in [-0.2, -0.15) is 0 Å². The monoisotopic (exact) mass is 287 g/mol. The van der Waals surface area contributed by atoms with Crippen LogP contribution in [0.15, 0.2) is 24.3 Å². The van der Waals surface area contributed by atoms with Gasteiger partial charge in [-0.3, -0.25) is 0 Å². The van der Waals surface area contributed by atoms with E-state index >= 15 is 0 Å². The van der Waals surface area contributed by atoms with Gasteiger partial charge in [-0.05, 0) is 62.6 Å². The Bertz CT molecular complexity index is 427. The second kappa shape index (κ2) is 7.95. The highest BCUT2D eigenvalue weighted by Crippen LogP contribution is 2.32. The van der Waals surface area contributed by atoms with E-state index in [0.29, 0.717) is 6.10 Å². The normalized spacial score (nSPS) is 21.2. The van der Waals surface area contributed by atoms with Gasteiger partial charge in [0, 0.05) is 12.6 Å². The number of hydrogen-bond donors (Lipinski definition) is 1. The zero-order valence-electron chi connectivity index (χ0n) is 13.2. The van der Waals surface area contributed by atoms with E-state index in [9.17, 15) is 0 Å². The van der Waals surface area contributed by atoms with E-state index in [1.165, 1.54) is 75.5 Å². The van der Waals surface area contributed by atoms with Crippen LogP contribution in [0, 0.1) is 0 Å². The quantitative estimate of drug-likeness (QED) is 0.680. The average Bonchev–Trinajstić information content (AvgIpc) is 3.34. The maximum absolute atomic E-state index is 6.15. The SMILES string of the molecule is c1ccc2c(c1)CCCC2OCCCCCCNC1CC1. The smallest absolute Gasteiger partial charge is 0.0827 e. The lowest BCUT2D eigenvalue weighted by Gasteiger charge is -2.25. The molecule has 2 aliphatic carbocycles. The number of aryl methyl sites for hydroxylation is 1. The molecule has 1 aromatic carbocycles. The Morgan fingerprint density at radius 3 is 2.76 bits per heavy atom. The molecule has 1 unspecified atom stereocenters. The third kappa shape index (κ3) is 4.82. The number of benzene rings is 1. The first-order chi connectivity index (χ1) is 10.4. The van der Waals surface area contributed by atoms with Crippen molar-refractivity contribution in [3.8, 4) is 0 Å². The highest BCUT2D eigenvalue weighted by Gasteiger charge is 2.20. The van der Waals surface area contributed by atoms with E-state index in [2.05, 4.69) is 29.6 Å². The number of unbranched alkanes of at least 4 members (excludes halogenated alkanes) is 3. The molecule has 0 aromatic heterocycles. The number of hydrogen-bond acceptors (Lipinski definition) is 2. The predicted molar refractivity (Wildman–Crippen MR) is 87.6 cm³/mol. The van der Waals surface area contributed by atoms with E-state index in [-0.39, 0.29) is 0 Å². The van der Waals surface area contributed by atoms with Crippen LogP contribution in [0.25, 0.3) is 0 Å². The molecule has 2 aliphatic rings. The molecule has 1 saturated carbocycles. The maximum Gasteiger partial charge on any atom is 0.0827 e. The molecule has 3 rings (SSSR count). The summed E-state index contributed by atoms with van der Waals surface area (Å²) < 4.78 is 6.15. The summed E-state index contributed by atoms with van der Waals surface area (Å²) in [5.41, 5.74) is 2.94. The molecule has 0 bridgehead atoms. The summed E-state index contributed by atoms with van der Waals surface area (Å²) in [4.78, 5) is 0. The summed E-state index contributed by atoms with van der Waals surface area (Å²) in [6.45, 7) is 2.14. The Kier molecular flexibility index (Phi) is 5.70. The molecule has 0 aliphatic heterocycles. The minimum atomic E-state index is 0.353. The van der Waals surface area contributed by atoms with Crippen molar-refractivity contribution >= 4 is 0 Å². The molecule has 116 valence electrons. The topological polar surface area (TPSA) is 21.3 Å². The van der Waals surface area contributed by atoms with Gasteiger partial charge in [0.2, 0.25) is 0 Å². The molecule has 0 spiro atoms. The van der Waals surface area contributed by atoms with Gasteiger partial charge in [0.25, 0.3) is 0 Å². The molecule has 0 heterocycles. The van der Waals surface area contributed by atoms with Gasteiger partial charge in [0.05, 0.1) is 6.10 Å². The van der Waals surface area contributed by atoms with Crippen LogP contribution in [0.1, 0.15) is 68.6 Å². The molecule has 0 amide bonds. The summed E-state index contributed by atoms with van der Waals surface area (Å²) in [6, 6.07) is 9.67. The third-order valence-corrected chi connectivity index (χ3v) is 4.71. The van der Waals surface area contributed by atoms with Crippen LogP contribution in [-0.4, -0.2) is 19.2 Å². The van der Waals surface area contributed by atoms with Crippen molar-refractivity contribution in [2.45, 2.75) is 69.9 Å². The number of ether oxygens (including phenoxy) is 1. The van der Waals surface area contributed by atoms with Crippen molar-refractivity contribution < 1.29 is 4.74 Å². The standard InChI is InChI=1S/C19H29NO/c1(5-14-20-17-12-13-17)2-6-15-21-19-11-7-9-16-8-3-4-10-18(16)19/h3-4,8,10,17,19-20H,1-2,5-7,9,11-15H2. The first-order valence-corrected chi connectivity index (χ1v) is 8.86. The van der Waals surface area contributed by atoms with Gasteiger partial charge in [-0.25, -0.2) is 0 Å². The van der Waals surface area contributed by atoms with E-state index < -0.39 is 0 Å². The largest absolute Gasteiger partial charge is 0.374 e. The average molecular weight is 287 g/mol. The van der Waals surface area contributed by atoms with Crippen molar-refractivity contribution in [2.75, 3.05) is 13.2 Å². The second-order valence-electron chi connectivity index (χ2n) is 6.59. The van der Waals surface area contributed by atoms with Gasteiger partial charge in [0.15, 0.2) is 0 Å². The Balaban J connectivity index is 1.27. The van der Waals surface area contributed by atoms with E-state index in [1.54, 1.807) is 0 Å². The lowest BCUT2D eigenvalue weighted by atomic mass is 9.89. The van der Waals surface area contributed by atoms with Crippen molar-refractivity contribution in [3.05, 3.63) is 35.4 Å². The summed E-state index contributed by atoms with van der Waals surface area (Å²) in [6.07, 6.45) is 12.0. The highest BCUT2D eigenvalue weighted by molar-refractivity contribution is 5.31. The van der Waals surface area contributed by atoms with E-state index in [0.717, 1.165) is 12.6 Å². The van der Waals surface area contributed by atoms with E-state index in [1.807, 2.05) is 0 Å². The highest BCUT2D eigenvalue weighted by atomic mass is 16.5. The molecule has 0 saturated heterocycles. The lowest BCUT2D eigenvalue weighted by molar-refractivity contribution is 0.0382. The van der Waals surface area contributed by atoms with Crippen molar-refractivity contribution in [1.29, 1.82) is 0 Å². The molecule has 2 nitrogen and oxygen atoms in total. The zero-order valence-corrected chi connectivity index (χ0v) is 13.2. The van der Waals surface area contributed by atoms with Crippen LogP contribution in [0.4, 0.5) is 0 Å². The Morgan fingerprint density at radius 2 is 1.86 bits per heavy atom. The fourth-order valence-electron chi connectivity index (χ4n) is 3.28. The van der Waals surface area contributed by atoms with Crippen molar-refractivity contribution in [2.24, 2.45) is 0 Å². The van der Waals surface area contributed by atoms with Crippen LogP contribution in [0.2, 0.25) is 0 Å². The predicted octanol–water partition coefficient (Wildman–Crippen LogP) is 4.39. The van der Waals surface area contributed by atoms with Crippen molar-refractivity contribution in [3.63, 3.8) is 0 Å². The maximum atomic E-state index is 6.15.